The monoisotopic (exact) mass is 216 g/mol. The zero-order chi connectivity index (χ0) is 11.3. The Morgan fingerprint density at radius 1 is 1.67 bits per heavy atom. The molecule has 1 aliphatic rings. The minimum absolute atomic E-state index is 0.0137. The van der Waals surface area contributed by atoms with Gasteiger partial charge < -0.3 is 20.1 Å². The van der Waals surface area contributed by atoms with Crippen LogP contribution in [0.5, 0.6) is 0 Å². The summed E-state index contributed by atoms with van der Waals surface area (Å²) >= 11 is 0. The van der Waals surface area contributed by atoms with Crippen molar-refractivity contribution in [2.24, 2.45) is 0 Å². The van der Waals surface area contributed by atoms with Crippen molar-refractivity contribution in [3.63, 3.8) is 0 Å². The number of amides is 1. The van der Waals surface area contributed by atoms with Crippen LogP contribution in [0.25, 0.3) is 0 Å². The van der Waals surface area contributed by atoms with Crippen LogP contribution in [0, 0.1) is 0 Å². The molecule has 0 spiro atoms. The van der Waals surface area contributed by atoms with Crippen LogP contribution in [-0.2, 0) is 14.3 Å². The Hall–Kier alpha value is -0.650. The van der Waals surface area contributed by atoms with Gasteiger partial charge in [0.15, 0.2) is 0 Å². The standard InChI is InChI=1S/C10H20N2O3/c1-8(9(13)11-2)12-6-10(14-3)4-5-15-7-10/h8,12H,4-7H2,1-3H3,(H,11,13). The lowest BCUT2D eigenvalue weighted by Gasteiger charge is -2.27. The molecule has 0 bridgehead atoms. The summed E-state index contributed by atoms with van der Waals surface area (Å²) in [4.78, 5) is 11.3. The summed E-state index contributed by atoms with van der Waals surface area (Å²) in [6.45, 7) is 3.79. The van der Waals surface area contributed by atoms with Gasteiger partial charge in [-0.15, -0.1) is 0 Å². The maximum Gasteiger partial charge on any atom is 0.236 e. The van der Waals surface area contributed by atoms with Gasteiger partial charge in [-0.2, -0.15) is 0 Å². The first-order valence-electron chi connectivity index (χ1n) is 5.21. The summed E-state index contributed by atoms with van der Waals surface area (Å²) in [5, 5.41) is 5.75. The molecule has 1 saturated heterocycles. The molecule has 1 fully saturated rings. The Kier molecular flexibility index (Phi) is 4.50. The van der Waals surface area contributed by atoms with Gasteiger partial charge in [0.1, 0.15) is 5.60 Å². The molecule has 5 heteroatoms. The number of rotatable bonds is 5. The third-order valence-electron chi connectivity index (χ3n) is 2.87. The van der Waals surface area contributed by atoms with Gasteiger partial charge in [-0.25, -0.2) is 0 Å². The highest BCUT2D eigenvalue weighted by Crippen LogP contribution is 2.21. The molecule has 1 heterocycles. The Labute approximate surface area is 90.5 Å². The lowest BCUT2D eigenvalue weighted by molar-refractivity contribution is -0.122. The second-order valence-corrected chi connectivity index (χ2v) is 3.91. The molecular weight excluding hydrogens is 196 g/mol. The van der Waals surface area contributed by atoms with E-state index in [-0.39, 0.29) is 17.6 Å². The Bertz CT molecular complexity index is 215. The molecule has 1 rings (SSSR count). The largest absolute Gasteiger partial charge is 0.378 e. The van der Waals surface area contributed by atoms with E-state index in [4.69, 9.17) is 9.47 Å². The van der Waals surface area contributed by atoms with E-state index < -0.39 is 0 Å². The van der Waals surface area contributed by atoms with Crippen LogP contribution in [0.4, 0.5) is 0 Å². The second-order valence-electron chi connectivity index (χ2n) is 3.91. The molecule has 0 aromatic carbocycles. The topological polar surface area (TPSA) is 59.6 Å². The van der Waals surface area contributed by atoms with E-state index in [2.05, 4.69) is 10.6 Å². The van der Waals surface area contributed by atoms with Crippen LogP contribution in [-0.4, -0.2) is 51.5 Å². The van der Waals surface area contributed by atoms with Gasteiger partial charge >= 0.3 is 0 Å². The number of nitrogens with one attached hydrogen (secondary N) is 2. The van der Waals surface area contributed by atoms with E-state index in [1.807, 2.05) is 6.92 Å². The molecule has 2 atom stereocenters. The fourth-order valence-electron chi connectivity index (χ4n) is 1.61. The highest BCUT2D eigenvalue weighted by Gasteiger charge is 2.35. The number of likely N-dealkylation sites (N-methyl/N-ethyl adjacent to an activating group) is 1. The summed E-state index contributed by atoms with van der Waals surface area (Å²) in [6.07, 6.45) is 0.872. The predicted octanol–water partition coefficient (Wildman–Crippen LogP) is -0.484. The number of methoxy groups -OCH3 is 1. The first-order valence-corrected chi connectivity index (χ1v) is 5.21. The van der Waals surface area contributed by atoms with Crippen LogP contribution in [0.15, 0.2) is 0 Å². The van der Waals surface area contributed by atoms with E-state index in [0.29, 0.717) is 13.2 Å². The summed E-state index contributed by atoms with van der Waals surface area (Å²) in [5.74, 6) is -0.0137. The van der Waals surface area contributed by atoms with Gasteiger partial charge in [0.2, 0.25) is 5.91 Å². The zero-order valence-electron chi connectivity index (χ0n) is 9.63. The molecule has 0 aliphatic carbocycles. The summed E-state index contributed by atoms with van der Waals surface area (Å²) in [6, 6.07) is -0.206. The van der Waals surface area contributed by atoms with E-state index in [1.54, 1.807) is 14.2 Å². The van der Waals surface area contributed by atoms with E-state index >= 15 is 0 Å². The van der Waals surface area contributed by atoms with E-state index in [9.17, 15) is 4.79 Å². The minimum atomic E-state index is -0.262. The van der Waals surface area contributed by atoms with Crippen molar-refractivity contribution < 1.29 is 14.3 Å². The van der Waals surface area contributed by atoms with E-state index in [0.717, 1.165) is 13.0 Å². The molecule has 1 aliphatic heterocycles. The number of hydrogen-bond acceptors (Lipinski definition) is 4. The van der Waals surface area contributed by atoms with Crippen molar-refractivity contribution >= 4 is 5.91 Å². The molecule has 0 radical (unpaired) electrons. The Balaban J connectivity index is 2.37. The van der Waals surface area contributed by atoms with Gasteiger partial charge in [0, 0.05) is 33.7 Å². The SMILES string of the molecule is CNC(=O)C(C)NCC1(OC)CCOC1. The second kappa shape index (κ2) is 5.44. The summed E-state index contributed by atoms with van der Waals surface area (Å²) < 4.78 is 10.7. The van der Waals surface area contributed by atoms with Gasteiger partial charge in [-0.05, 0) is 6.92 Å². The zero-order valence-corrected chi connectivity index (χ0v) is 9.63. The molecule has 2 unspecified atom stereocenters. The minimum Gasteiger partial charge on any atom is -0.378 e. The number of carbonyl (C=O) groups excluding carboxylic acids is 1. The van der Waals surface area contributed by atoms with Crippen LogP contribution < -0.4 is 10.6 Å². The fraction of sp³-hybridized carbons (Fsp3) is 0.900. The molecule has 0 saturated carbocycles. The summed E-state index contributed by atoms with van der Waals surface area (Å²) in [7, 11) is 3.31. The molecule has 0 aromatic rings. The van der Waals surface area contributed by atoms with Crippen molar-refractivity contribution in [1.82, 2.24) is 10.6 Å². The molecular formula is C10H20N2O3. The quantitative estimate of drug-likeness (QED) is 0.651. The third kappa shape index (κ3) is 3.15. The molecule has 1 amide bonds. The first kappa shape index (κ1) is 12.4. The number of carbonyl (C=O) groups is 1. The van der Waals surface area contributed by atoms with Crippen molar-refractivity contribution in [3.8, 4) is 0 Å². The molecule has 0 aromatic heterocycles. The normalized spacial score (nSPS) is 27.7. The van der Waals surface area contributed by atoms with Crippen LogP contribution in [0.3, 0.4) is 0 Å². The first-order chi connectivity index (χ1) is 7.13. The van der Waals surface area contributed by atoms with Gasteiger partial charge in [-0.3, -0.25) is 4.79 Å². The predicted molar refractivity (Wildman–Crippen MR) is 56.7 cm³/mol. The molecule has 15 heavy (non-hydrogen) atoms. The maximum atomic E-state index is 11.3. The van der Waals surface area contributed by atoms with Gasteiger partial charge in [0.05, 0.1) is 12.6 Å². The van der Waals surface area contributed by atoms with E-state index in [1.165, 1.54) is 0 Å². The number of hydrogen-bond donors (Lipinski definition) is 2. The van der Waals surface area contributed by atoms with Crippen LogP contribution >= 0.6 is 0 Å². The molecule has 2 N–H and O–H groups in total. The van der Waals surface area contributed by atoms with Gasteiger partial charge in [0.25, 0.3) is 0 Å². The molecule has 5 nitrogen and oxygen atoms in total. The lowest BCUT2D eigenvalue weighted by Crippen LogP contribution is -2.49. The van der Waals surface area contributed by atoms with Crippen LogP contribution in [0.1, 0.15) is 13.3 Å². The van der Waals surface area contributed by atoms with Crippen molar-refractivity contribution in [1.29, 1.82) is 0 Å². The van der Waals surface area contributed by atoms with Crippen molar-refractivity contribution in [3.05, 3.63) is 0 Å². The number of ether oxygens (including phenoxy) is 2. The van der Waals surface area contributed by atoms with Crippen LogP contribution in [0.2, 0.25) is 0 Å². The highest BCUT2D eigenvalue weighted by atomic mass is 16.5. The lowest BCUT2D eigenvalue weighted by atomic mass is 10.0. The fourth-order valence-corrected chi connectivity index (χ4v) is 1.61. The average molecular weight is 216 g/mol. The Morgan fingerprint density at radius 3 is 2.87 bits per heavy atom. The molecule has 88 valence electrons. The maximum absolute atomic E-state index is 11.3. The van der Waals surface area contributed by atoms with Gasteiger partial charge in [-0.1, -0.05) is 0 Å². The Morgan fingerprint density at radius 2 is 2.40 bits per heavy atom. The smallest absolute Gasteiger partial charge is 0.236 e. The highest BCUT2D eigenvalue weighted by molar-refractivity contribution is 5.80. The van der Waals surface area contributed by atoms with Crippen molar-refractivity contribution in [2.45, 2.75) is 25.0 Å². The average Bonchev–Trinajstić information content (AvgIpc) is 2.74. The summed E-state index contributed by atoms with van der Waals surface area (Å²) in [5.41, 5.74) is -0.262. The van der Waals surface area contributed by atoms with Crippen molar-refractivity contribution in [2.75, 3.05) is 33.9 Å². The third-order valence-corrected chi connectivity index (χ3v) is 2.87.